The van der Waals surface area contributed by atoms with Crippen molar-refractivity contribution in [3.05, 3.63) is 29.8 Å². The molecule has 0 bridgehead atoms. The van der Waals surface area contributed by atoms with E-state index >= 15 is 0 Å². The third-order valence-corrected chi connectivity index (χ3v) is 1.14. The van der Waals surface area contributed by atoms with Crippen LogP contribution in [0.25, 0.3) is 0 Å². The molecule has 0 amide bonds. The maximum absolute atomic E-state index is 5.14. The molecule has 0 aliphatic carbocycles. The molecule has 0 N–H and O–H groups in total. The Bertz CT molecular complexity index is 258. The van der Waals surface area contributed by atoms with Crippen LogP contribution in [0.3, 0.4) is 0 Å². The van der Waals surface area contributed by atoms with Gasteiger partial charge in [-0.2, -0.15) is 0 Å². The summed E-state index contributed by atoms with van der Waals surface area (Å²) in [6.45, 7) is 0. The van der Waals surface area contributed by atoms with Crippen LogP contribution in [0.1, 0.15) is 5.56 Å². The van der Waals surface area contributed by atoms with Crippen molar-refractivity contribution in [3.63, 3.8) is 0 Å². The van der Waals surface area contributed by atoms with Crippen molar-refractivity contribution in [2.45, 2.75) is 0 Å². The molecule has 0 spiro atoms. The molecule has 1 rings (SSSR count). The number of hydrogen-bond acceptors (Lipinski definition) is 1. The van der Waals surface area contributed by atoms with Crippen molar-refractivity contribution in [3.8, 4) is 18.1 Å². The molecule has 0 aromatic heterocycles. The Kier molecular flexibility index (Phi) is 1.96. The SMILES string of the molecule is C#Cc1[c]c(OC)ccc1. The number of hydrogen-bond donors (Lipinski definition) is 0. The van der Waals surface area contributed by atoms with Crippen LogP contribution in [0.2, 0.25) is 0 Å². The van der Waals surface area contributed by atoms with E-state index in [2.05, 4.69) is 12.0 Å². The highest BCUT2D eigenvalue weighted by molar-refractivity contribution is 5.36. The molecule has 1 aromatic carbocycles. The molecule has 1 radical (unpaired) electrons. The fourth-order valence-corrected chi connectivity index (χ4v) is 0.651. The quantitative estimate of drug-likeness (QED) is 0.524. The van der Waals surface area contributed by atoms with E-state index in [4.69, 9.17) is 11.2 Å². The van der Waals surface area contributed by atoms with Gasteiger partial charge in [-0.25, -0.2) is 0 Å². The summed E-state index contributed by atoms with van der Waals surface area (Å²) in [7, 11) is 1.59. The number of terminal acetylenes is 1. The molecule has 1 aromatic rings. The minimum absolute atomic E-state index is 0.676. The number of rotatable bonds is 1. The first-order valence-electron chi connectivity index (χ1n) is 2.90. The second-order valence-electron chi connectivity index (χ2n) is 1.78. The first-order chi connectivity index (χ1) is 4.86. The molecule has 0 atom stereocenters. The Morgan fingerprint density at radius 1 is 1.60 bits per heavy atom. The summed E-state index contributed by atoms with van der Waals surface area (Å²) in [5.74, 6) is 3.14. The van der Waals surface area contributed by atoms with Gasteiger partial charge < -0.3 is 4.74 Å². The van der Waals surface area contributed by atoms with Crippen molar-refractivity contribution < 1.29 is 4.74 Å². The molecule has 10 heavy (non-hydrogen) atoms. The van der Waals surface area contributed by atoms with Gasteiger partial charge in [0.05, 0.1) is 7.11 Å². The summed E-state index contributed by atoms with van der Waals surface area (Å²) in [6.07, 6.45) is 5.14. The Balaban J connectivity index is 3.01. The smallest absolute Gasteiger partial charge is 0.128 e. The second-order valence-corrected chi connectivity index (χ2v) is 1.78. The third-order valence-electron chi connectivity index (χ3n) is 1.14. The van der Waals surface area contributed by atoms with E-state index in [-0.39, 0.29) is 0 Å². The molecular weight excluding hydrogens is 124 g/mol. The molecule has 1 heteroatoms. The zero-order valence-corrected chi connectivity index (χ0v) is 5.72. The lowest BCUT2D eigenvalue weighted by molar-refractivity contribution is 0.414. The molecule has 0 saturated carbocycles. The van der Waals surface area contributed by atoms with E-state index in [1.54, 1.807) is 13.2 Å². The Labute approximate surface area is 60.6 Å². The van der Waals surface area contributed by atoms with Gasteiger partial charge >= 0.3 is 0 Å². The minimum Gasteiger partial charge on any atom is -0.496 e. The lowest BCUT2D eigenvalue weighted by Crippen LogP contribution is -1.82. The summed E-state index contributed by atoms with van der Waals surface area (Å²) in [6, 6.07) is 8.34. The molecule has 0 aliphatic rings. The van der Waals surface area contributed by atoms with Crippen LogP contribution in [-0.4, -0.2) is 7.11 Å². The van der Waals surface area contributed by atoms with Crippen molar-refractivity contribution in [2.24, 2.45) is 0 Å². The lowest BCUT2D eigenvalue weighted by Gasteiger charge is -1.96. The zero-order chi connectivity index (χ0) is 7.40. The van der Waals surface area contributed by atoms with E-state index < -0.39 is 0 Å². The van der Waals surface area contributed by atoms with Crippen molar-refractivity contribution in [1.82, 2.24) is 0 Å². The highest BCUT2D eigenvalue weighted by Gasteiger charge is 1.90. The van der Waals surface area contributed by atoms with Crippen LogP contribution < -0.4 is 4.74 Å². The average Bonchev–Trinajstić information content (AvgIpc) is 2.05. The van der Waals surface area contributed by atoms with E-state index in [9.17, 15) is 0 Å². The van der Waals surface area contributed by atoms with Crippen molar-refractivity contribution in [1.29, 1.82) is 0 Å². The van der Waals surface area contributed by atoms with Gasteiger partial charge in [-0.3, -0.25) is 0 Å². The minimum atomic E-state index is 0.676. The van der Waals surface area contributed by atoms with Gasteiger partial charge in [0.2, 0.25) is 0 Å². The summed E-state index contributed by atoms with van der Waals surface area (Å²) < 4.78 is 4.91. The van der Waals surface area contributed by atoms with E-state index in [1.165, 1.54) is 0 Å². The van der Waals surface area contributed by atoms with E-state index in [0.29, 0.717) is 5.75 Å². The number of methoxy groups -OCH3 is 1. The van der Waals surface area contributed by atoms with E-state index in [0.717, 1.165) is 5.56 Å². The van der Waals surface area contributed by atoms with Gasteiger partial charge in [0.15, 0.2) is 0 Å². The van der Waals surface area contributed by atoms with Gasteiger partial charge in [-0.05, 0) is 12.1 Å². The highest BCUT2D eigenvalue weighted by Crippen LogP contribution is 2.09. The fraction of sp³-hybridized carbons (Fsp3) is 0.111. The van der Waals surface area contributed by atoms with Crippen LogP contribution in [-0.2, 0) is 0 Å². The molecule has 49 valence electrons. The van der Waals surface area contributed by atoms with Crippen LogP contribution in [0.5, 0.6) is 5.75 Å². The van der Waals surface area contributed by atoms with Gasteiger partial charge in [0, 0.05) is 11.6 Å². The molecule has 0 saturated heterocycles. The summed E-state index contributed by atoms with van der Waals surface area (Å²) in [5, 5.41) is 0. The summed E-state index contributed by atoms with van der Waals surface area (Å²) in [4.78, 5) is 0. The van der Waals surface area contributed by atoms with E-state index in [1.807, 2.05) is 12.1 Å². The van der Waals surface area contributed by atoms with Crippen molar-refractivity contribution in [2.75, 3.05) is 7.11 Å². The molecular formula is C9H7O. The first-order valence-corrected chi connectivity index (χ1v) is 2.90. The van der Waals surface area contributed by atoms with Crippen LogP contribution in [0.4, 0.5) is 0 Å². The van der Waals surface area contributed by atoms with Gasteiger partial charge in [0.1, 0.15) is 5.75 Å². The first kappa shape index (κ1) is 6.70. The second kappa shape index (κ2) is 2.93. The Morgan fingerprint density at radius 2 is 2.40 bits per heavy atom. The lowest BCUT2D eigenvalue weighted by atomic mass is 10.2. The Hall–Kier alpha value is -1.42. The standard InChI is InChI=1S/C9H7O/c1-3-8-5-4-6-9(7-8)10-2/h1,4-6H,2H3. The van der Waals surface area contributed by atoms with Gasteiger partial charge in [-0.15, -0.1) is 6.42 Å². The molecule has 0 heterocycles. The molecule has 0 aliphatic heterocycles. The molecule has 0 unspecified atom stereocenters. The number of benzene rings is 1. The van der Waals surface area contributed by atoms with Crippen LogP contribution >= 0.6 is 0 Å². The predicted molar refractivity (Wildman–Crippen MR) is 39.8 cm³/mol. The maximum Gasteiger partial charge on any atom is 0.128 e. The highest BCUT2D eigenvalue weighted by atomic mass is 16.5. The third kappa shape index (κ3) is 1.29. The maximum atomic E-state index is 5.14. The Morgan fingerprint density at radius 3 is 3.00 bits per heavy atom. The topological polar surface area (TPSA) is 9.23 Å². The fourth-order valence-electron chi connectivity index (χ4n) is 0.651. The van der Waals surface area contributed by atoms with Crippen LogP contribution in [0.15, 0.2) is 18.2 Å². The molecule has 1 nitrogen and oxygen atoms in total. The van der Waals surface area contributed by atoms with Crippen LogP contribution in [0, 0.1) is 18.4 Å². The summed E-state index contributed by atoms with van der Waals surface area (Å²) in [5.41, 5.74) is 0.722. The monoisotopic (exact) mass is 131 g/mol. The zero-order valence-electron chi connectivity index (χ0n) is 5.72. The van der Waals surface area contributed by atoms with Crippen molar-refractivity contribution >= 4 is 0 Å². The van der Waals surface area contributed by atoms with Gasteiger partial charge in [0.25, 0.3) is 0 Å². The molecule has 0 fully saturated rings. The predicted octanol–water partition coefficient (Wildman–Crippen LogP) is 1.48. The number of ether oxygens (including phenoxy) is 1. The normalized spacial score (nSPS) is 8.40. The average molecular weight is 131 g/mol. The summed E-state index contributed by atoms with van der Waals surface area (Å²) >= 11 is 0. The van der Waals surface area contributed by atoms with Gasteiger partial charge in [-0.1, -0.05) is 12.0 Å². The largest absolute Gasteiger partial charge is 0.496 e.